The SMILES string of the molecule is CN(C)CCC[C@H]1[C@H](Oc2nc(-c3ccccn3)nc3ccsc23)CC2C(=O)NC3(C(=O)NS(=O)(=O)C4CC4)CC3/C=C\CCCCCC(NC(=O)OC3CCCC3)C(=O)N21. The molecule has 16 nitrogen and oxygen atoms in total. The number of fused-ring (bicyclic) bond motifs is 3. The summed E-state index contributed by atoms with van der Waals surface area (Å²) in [5, 5.41) is 7.14. The van der Waals surface area contributed by atoms with Crippen molar-refractivity contribution in [2.75, 3.05) is 20.6 Å². The summed E-state index contributed by atoms with van der Waals surface area (Å²) in [6, 6.07) is 4.53. The minimum absolute atomic E-state index is 0.0395. The molecule has 3 aliphatic carbocycles. The molecule has 4 fully saturated rings. The summed E-state index contributed by atoms with van der Waals surface area (Å²) < 4.78 is 41.8. The summed E-state index contributed by atoms with van der Waals surface area (Å²) in [6.45, 7) is 0.691. The Balaban J connectivity index is 1.17. The summed E-state index contributed by atoms with van der Waals surface area (Å²) in [5.74, 6) is -1.62. The van der Waals surface area contributed by atoms with E-state index in [1.807, 2.05) is 54.7 Å². The lowest BCUT2D eigenvalue weighted by Crippen LogP contribution is -2.59. The van der Waals surface area contributed by atoms with E-state index < -0.39 is 74.8 Å². The number of sulfonamides is 1. The molecule has 18 heteroatoms. The summed E-state index contributed by atoms with van der Waals surface area (Å²) in [4.78, 5) is 75.4. The summed E-state index contributed by atoms with van der Waals surface area (Å²) in [5.41, 5.74) is -0.316. The number of allylic oxidation sites excluding steroid dienone is 1. The number of thiophene rings is 1. The molecule has 2 aliphatic heterocycles. The van der Waals surface area contributed by atoms with Gasteiger partial charge in [0.1, 0.15) is 40.2 Å². The van der Waals surface area contributed by atoms with Crippen LogP contribution in [0.25, 0.3) is 21.7 Å². The Hall–Kier alpha value is -4.68. The molecule has 5 heterocycles. The zero-order valence-electron chi connectivity index (χ0n) is 34.8. The number of ether oxygens (including phenoxy) is 2. The smallest absolute Gasteiger partial charge is 0.408 e. The molecule has 61 heavy (non-hydrogen) atoms. The van der Waals surface area contributed by atoms with E-state index in [0.29, 0.717) is 79.1 Å². The van der Waals surface area contributed by atoms with Gasteiger partial charge in [-0.1, -0.05) is 31.1 Å². The highest BCUT2D eigenvalue weighted by Crippen LogP contribution is 2.46. The van der Waals surface area contributed by atoms with E-state index in [2.05, 4.69) is 20.3 Å². The maximum Gasteiger partial charge on any atom is 0.408 e. The minimum Gasteiger partial charge on any atom is -0.471 e. The number of aromatic nitrogens is 3. The Labute approximate surface area is 360 Å². The van der Waals surface area contributed by atoms with Gasteiger partial charge in [0.25, 0.3) is 5.91 Å². The van der Waals surface area contributed by atoms with Gasteiger partial charge in [-0.2, -0.15) is 4.98 Å². The maximum atomic E-state index is 15.3. The number of nitrogens with zero attached hydrogens (tertiary/aromatic N) is 5. The number of amides is 4. The van der Waals surface area contributed by atoms with Crippen LogP contribution in [-0.2, 0) is 29.1 Å². The Morgan fingerprint density at radius 2 is 1.84 bits per heavy atom. The zero-order valence-corrected chi connectivity index (χ0v) is 36.4. The van der Waals surface area contributed by atoms with Gasteiger partial charge in [0.15, 0.2) is 5.82 Å². The summed E-state index contributed by atoms with van der Waals surface area (Å²) in [6.07, 6.45) is 12.8. The van der Waals surface area contributed by atoms with E-state index in [0.717, 1.165) is 38.5 Å². The Morgan fingerprint density at radius 1 is 1.03 bits per heavy atom. The van der Waals surface area contributed by atoms with E-state index >= 15 is 4.79 Å². The lowest BCUT2D eigenvalue weighted by atomic mass is 10.0. The largest absolute Gasteiger partial charge is 0.471 e. The van der Waals surface area contributed by atoms with Gasteiger partial charge in [0.05, 0.1) is 16.8 Å². The van der Waals surface area contributed by atoms with Crippen molar-refractivity contribution in [1.82, 2.24) is 40.1 Å². The predicted molar refractivity (Wildman–Crippen MR) is 229 cm³/mol. The molecule has 0 radical (unpaired) electrons. The van der Waals surface area contributed by atoms with Crippen molar-refractivity contribution in [2.24, 2.45) is 5.92 Å². The van der Waals surface area contributed by atoms with Crippen LogP contribution < -0.4 is 20.1 Å². The van der Waals surface area contributed by atoms with Gasteiger partial charge in [0.2, 0.25) is 27.7 Å². The number of nitrogens with one attached hydrogen (secondary N) is 3. The molecule has 3 saturated carbocycles. The van der Waals surface area contributed by atoms with Crippen molar-refractivity contribution in [3.63, 3.8) is 0 Å². The highest BCUT2D eigenvalue weighted by molar-refractivity contribution is 7.91. The van der Waals surface area contributed by atoms with Crippen LogP contribution in [0, 0.1) is 5.92 Å². The van der Waals surface area contributed by atoms with Gasteiger partial charge < -0.3 is 29.9 Å². The van der Waals surface area contributed by atoms with Crippen LogP contribution in [0.15, 0.2) is 48.0 Å². The summed E-state index contributed by atoms with van der Waals surface area (Å²) in [7, 11) is 0.00733. The van der Waals surface area contributed by atoms with Crippen molar-refractivity contribution < 1.29 is 37.1 Å². The molecule has 3 aromatic heterocycles. The second-order valence-electron chi connectivity index (χ2n) is 17.4. The van der Waals surface area contributed by atoms with E-state index in [-0.39, 0.29) is 18.9 Å². The first-order chi connectivity index (χ1) is 29.4. The number of hydrogen-bond acceptors (Lipinski definition) is 13. The number of pyridine rings is 1. The Morgan fingerprint density at radius 3 is 2.59 bits per heavy atom. The first kappa shape index (κ1) is 43.0. The molecule has 0 aromatic carbocycles. The Bertz CT molecular complexity index is 2230. The molecule has 0 spiro atoms. The van der Waals surface area contributed by atoms with E-state index in [9.17, 15) is 22.8 Å². The van der Waals surface area contributed by atoms with Gasteiger partial charge in [-0.25, -0.2) is 18.2 Å². The average molecular weight is 877 g/mol. The zero-order chi connectivity index (χ0) is 42.7. The number of rotatable bonds is 12. The fourth-order valence-electron chi connectivity index (χ4n) is 8.98. The van der Waals surface area contributed by atoms with Crippen molar-refractivity contribution in [1.29, 1.82) is 0 Å². The number of carbonyl (C=O) groups is 4. The van der Waals surface area contributed by atoms with Crippen LogP contribution in [0.1, 0.15) is 96.3 Å². The number of carbonyl (C=O) groups excluding carboxylic acids is 4. The predicted octanol–water partition coefficient (Wildman–Crippen LogP) is 4.85. The second kappa shape index (κ2) is 18.3. The highest BCUT2D eigenvalue weighted by atomic mass is 32.2. The molecule has 1 saturated heterocycles. The highest BCUT2D eigenvalue weighted by Gasteiger charge is 2.62. The fourth-order valence-corrected chi connectivity index (χ4v) is 11.1. The van der Waals surface area contributed by atoms with Crippen LogP contribution in [0.2, 0.25) is 0 Å². The normalized spacial score (nSPS) is 28.0. The van der Waals surface area contributed by atoms with Crippen LogP contribution in [0.4, 0.5) is 4.79 Å². The Kier molecular flexibility index (Phi) is 12.9. The first-order valence-corrected chi connectivity index (χ1v) is 24.2. The lowest BCUT2D eigenvalue weighted by molar-refractivity contribution is -0.143. The monoisotopic (exact) mass is 876 g/mol. The van der Waals surface area contributed by atoms with Crippen molar-refractivity contribution in [3.05, 3.63) is 48.0 Å². The number of alkyl carbamates (subject to hydrolysis) is 1. The molecular formula is C43H56N8O8S2. The number of hydrogen-bond donors (Lipinski definition) is 3. The van der Waals surface area contributed by atoms with Gasteiger partial charge in [-0.3, -0.25) is 24.1 Å². The average Bonchev–Trinajstić information content (AvgIpc) is 4.03. The molecule has 328 valence electrons. The molecular weight excluding hydrogens is 821 g/mol. The van der Waals surface area contributed by atoms with Gasteiger partial charge in [-0.15, -0.1) is 11.3 Å². The maximum absolute atomic E-state index is 15.3. The molecule has 0 bridgehead atoms. The minimum atomic E-state index is -3.92. The molecule has 8 rings (SSSR count). The third-order valence-electron chi connectivity index (χ3n) is 12.5. The fraction of sp³-hybridized carbons (Fsp3) is 0.605. The van der Waals surface area contributed by atoms with Gasteiger partial charge in [0, 0.05) is 18.5 Å². The van der Waals surface area contributed by atoms with Crippen LogP contribution in [0.3, 0.4) is 0 Å². The molecule has 3 aromatic rings. The van der Waals surface area contributed by atoms with Crippen LogP contribution in [0.5, 0.6) is 5.88 Å². The lowest BCUT2D eigenvalue weighted by Gasteiger charge is -2.35. The van der Waals surface area contributed by atoms with E-state index in [4.69, 9.17) is 19.4 Å². The van der Waals surface area contributed by atoms with Crippen molar-refractivity contribution >= 4 is 55.4 Å². The second-order valence-corrected chi connectivity index (χ2v) is 20.3. The topological polar surface area (TPSA) is 202 Å². The third kappa shape index (κ3) is 9.86. The first-order valence-electron chi connectivity index (χ1n) is 21.7. The van der Waals surface area contributed by atoms with Crippen LogP contribution >= 0.6 is 11.3 Å². The van der Waals surface area contributed by atoms with E-state index in [1.165, 1.54) is 11.3 Å². The standard InChI is InChI=1S/C43H56N8O8S2/c1-50(2)23-12-18-33-35(59-39-36-30(21-24-60-36)45-37(47-39)31-16-10-11-22-44-31)25-34-38(52)48-43(41(54)49-61(56,57)29-19-20-29)26-27(43)13-6-4-3-5-7-17-32(40(53)51(33)34)46-42(55)58-28-14-8-9-15-28/h6,10-11,13,16,21-22,24,27-29,32-35H,3-5,7-9,12,14-15,17-20,23,25-26H2,1-2H3,(H,46,55)(H,48,52)(H,49,54)/b13-6-/t27?,32?,33-,34?,35+,43?/m0/s1. The van der Waals surface area contributed by atoms with Crippen molar-refractivity contribution in [2.45, 2.75) is 137 Å². The van der Waals surface area contributed by atoms with Gasteiger partial charge >= 0.3 is 6.09 Å². The molecule has 4 unspecified atom stereocenters. The molecule has 4 amide bonds. The molecule has 6 atom stereocenters. The molecule has 5 aliphatic rings. The van der Waals surface area contributed by atoms with Gasteiger partial charge in [-0.05, 0) is 121 Å². The van der Waals surface area contributed by atoms with Crippen molar-refractivity contribution in [3.8, 4) is 17.4 Å². The quantitative estimate of drug-likeness (QED) is 0.209. The van der Waals surface area contributed by atoms with E-state index in [1.54, 1.807) is 17.2 Å². The third-order valence-corrected chi connectivity index (χ3v) is 15.2. The summed E-state index contributed by atoms with van der Waals surface area (Å²) >= 11 is 1.41. The van der Waals surface area contributed by atoms with Crippen LogP contribution in [-0.4, -0.2) is 119 Å². The molecule has 3 N–H and O–H groups in total.